The lowest BCUT2D eigenvalue weighted by atomic mass is 9.77. The molecule has 12 heteroatoms. The van der Waals surface area contributed by atoms with Gasteiger partial charge in [-0.3, -0.25) is 14.4 Å². The van der Waals surface area contributed by atoms with Gasteiger partial charge < -0.3 is 33.7 Å². The summed E-state index contributed by atoms with van der Waals surface area (Å²) in [6.45, 7) is 4.71. The van der Waals surface area contributed by atoms with Crippen LogP contribution in [0.3, 0.4) is 0 Å². The number of nitrogens with one attached hydrogen (secondary N) is 1. The molecule has 1 N–H and O–H groups in total. The molecule has 0 bridgehead atoms. The van der Waals surface area contributed by atoms with Crippen molar-refractivity contribution in [3.63, 3.8) is 0 Å². The van der Waals surface area contributed by atoms with Gasteiger partial charge in [0.05, 0.1) is 25.4 Å². The van der Waals surface area contributed by atoms with E-state index < -0.39 is 23.5 Å². The molecule has 1 spiro atoms. The first-order valence-electron chi connectivity index (χ1n) is 15.4. The number of esters is 3. The van der Waals surface area contributed by atoms with Crippen molar-refractivity contribution in [2.45, 2.75) is 45.1 Å². The zero-order valence-electron chi connectivity index (χ0n) is 26.2. The molecule has 2 aliphatic rings. The van der Waals surface area contributed by atoms with E-state index >= 15 is 0 Å². The quantitative estimate of drug-likeness (QED) is 0.0936. The molecule has 0 aliphatic carbocycles. The zero-order chi connectivity index (χ0) is 33.4. The van der Waals surface area contributed by atoms with Crippen LogP contribution in [-0.4, -0.2) is 62.7 Å². The maximum atomic E-state index is 13.5. The number of fused-ring (bicyclic) bond motifs is 6. The molecule has 0 fully saturated rings. The molecule has 11 nitrogen and oxygen atoms in total. The lowest BCUT2D eigenvalue weighted by Crippen LogP contribution is -2.33. The molecule has 0 unspecified atom stereocenters. The topological polar surface area (TPSA) is 136 Å². The highest BCUT2D eigenvalue weighted by Crippen LogP contribution is 2.57. The third kappa shape index (κ3) is 7.75. The number of ether oxygens (including phenoxy) is 6. The van der Waals surface area contributed by atoms with Crippen molar-refractivity contribution in [3.8, 4) is 23.0 Å². The number of carbonyl (C=O) groups is 4. The molecule has 0 atom stereocenters. The van der Waals surface area contributed by atoms with Crippen LogP contribution < -0.4 is 19.5 Å². The third-order valence-corrected chi connectivity index (χ3v) is 7.88. The van der Waals surface area contributed by atoms with Gasteiger partial charge in [-0.2, -0.15) is 0 Å². The Kier molecular flexibility index (Phi) is 11.1. The number of unbranched alkanes of at least 4 members (excludes halogenated alkanes) is 3. The Bertz CT molecular complexity index is 1590. The van der Waals surface area contributed by atoms with E-state index in [1.54, 1.807) is 36.4 Å². The normalized spacial score (nSPS) is 13.6. The number of rotatable bonds is 15. The number of carbonyl (C=O) groups excluding carboxylic acids is 4. The van der Waals surface area contributed by atoms with Gasteiger partial charge >= 0.3 is 17.9 Å². The average molecular weight is 666 g/mol. The number of alkyl halides is 1. The van der Waals surface area contributed by atoms with Crippen LogP contribution in [0.25, 0.3) is 0 Å². The predicted octanol–water partition coefficient (Wildman–Crippen LogP) is 5.67. The van der Waals surface area contributed by atoms with Crippen molar-refractivity contribution in [3.05, 3.63) is 82.4 Å². The van der Waals surface area contributed by atoms with Crippen LogP contribution in [0.4, 0.5) is 0 Å². The van der Waals surface area contributed by atoms with Crippen molar-refractivity contribution in [1.29, 1.82) is 0 Å². The molecule has 47 heavy (non-hydrogen) atoms. The lowest BCUT2D eigenvalue weighted by molar-refractivity contribution is -0.132. The largest absolute Gasteiger partial charge is 0.456 e. The van der Waals surface area contributed by atoms with E-state index in [1.165, 1.54) is 32.0 Å². The highest BCUT2D eigenvalue weighted by Gasteiger charge is 2.54. The van der Waals surface area contributed by atoms with Crippen LogP contribution in [0.15, 0.2) is 54.6 Å². The Balaban J connectivity index is 1.30. The van der Waals surface area contributed by atoms with Gasteiger partial charge in [-0.25, -0.2) is 4.79 Å². The average Bonchev–Trinajstić information content (AvgIpc) is 3.32. The van der Waals surface area contributed by atoms with E-state index in [0.717, 1.165) is 25.7 Å². The number of hydrogen-bond acceptors (Lipinski definition) is 10. The molecule has 3 aromatic rings. The van der Waals surface area contributed by atoms with Crippen molar-refractivity contribution in [1.82, 2.24) is 5.32 Å². The minimum Gasteiger partial charge on any atom is -0.456 e. The second-order valence-corrected chi connectivity index (χ2v) is 11.4. The van der Waals surface area contributed by atoms with E-state index in [1.807, 2.05) is 0 Å². The van der Waals surface area contributed by atoms with Gasteiger partial charge in [0.2, 0.25) is 0 Å². The van der Waals surface area contributed by atoms with E-state index in [4.69, 9.17) is 40.0 Å². The van der Waals surface area contributed by atoms with Crippen molar-refractivity contribution < 1.29 is 47.6 Å². The maximum absolute atomic E-state index is 13.5. The predicted molar refractivity (Wildman–Crippen MR) is 170 cm³/mol. The summed E-state index contributed by atoms with van der Waals surface area (Å²) in [7, 11) is 0. The highest BCUT2D eigenvalue weighted by atomic mass is 35.5. The van der Waals surface area contributed by atoms with Crippen molar-refractivity contribution in [2.75, 3.05) is 38.9 Å². The molecule has 2 heterocycles. The standard InChI is InChI=1S/C35H36ClNO10/c1-22(38)44-25-8-11-29-31(20-25)46-32-21-26(45-23(2)39)9-12-30(32)35(29)28-10-7-24(19-27(28)34(41)47-35)33(40)37-14-16-43-18-17-42-15-6-4-3-5-13-36/h7-12,19-21H,3-6,13-18H2,1-2H3,(H,37,40). The Morgan fingerprint density at radius 3 is 1.96 bits per heavy atom. The van der Waals surface area contributed by atoms with Gasteiger partial charge in [0.25, 0.3) is 5.91 Å². The number of halogens is 1. The minimum atomic E-state index is -1.45. The molecule has 3 aromatic carbocycles. The Morgan fingerprint density at radius 2 is 1.34 bits per heavy atom. The molecule has 5 rings (SSSR count). The molecule has 0 saturated heterocycles. The van der Waals surface area contributed by atoms with Gasteiger partial charge in [0, 0.05) is 67.3 Å². The smallest absolute Gasteiger partial charge is 0.340 e. The molecule has 0 radical (unpaired) electrons. The SMILES string of the molecule is CC(=O)Oc1ccc2c(c1)Oc1cc(OC(C)=O)ccc1C21OC(=O)c2cc(C(=O)NCCOCCOCCCCCCCl)ccc21. The minimum absolute atomic E-state index is 0.209. The Morgan fingerprint density at radius 1 is 0.745 bits per heavy atom. The van der Waals surface area contributed by atoms with Gasteiger partial charge in [0.1, 0.15) is 23.0 Å². The zero-order valence-corrected chi connectivity index (χ0v) is 27.0. The second kappa shape index (κ2) is 15.4. The van der Waals surface area contributed by atoms with Gasteiger partial charge in [0.15, 0.2) is 5.60 Å². The Labute approximate surface area is 277 Å². The summed E-state index contributed by atoms with van der Waals surface area (Å²) in [5.41, 5.74) is 0.496. The second-order valence-electron chi connectivity index (χ2n) is 11.0. The number of benzene rings is 3. The number of amides is 1. The van der Waals surface area contributed by atoms with Gasteiger partial charge in [-0.05, 0) is 49.2 Å². The summed E-state index contributed by atoms with van der Waals surface area (Å²) in [6, 6.07) is 14.3. The highest BCUT2D eigenvalue weighted by molar-refractivity contribution is 6.17. The number of hydrogen-bond donors (Lipinski definition) is 1. The molecular weight excluding hydrogens is 630 g/mol. The van der Waals surface area contributed by atoms with Gasteiger partial charge in [-0.1, -0.05) is 18.9 Å². The lowest BCUT2D eigenvalue weighted by Gasteiger charge is -2.36. The summed E-state index contributed by atoms with van der Waals surface area (Å²) in [5, 5.41) is 2.81. The molecule has 2 aliphatic heterocycles. The first kappa shape index (κ1) is 33.9. The van der Waals surface area contributed by atoms with Crippen LogP contribution in [-0.2, 0) is 29.4 Å². The Hall–Kier alpha value is -4.45. The molecule has 1 amide bonds. The summed E-state index contributed by atoms with van der Waals surface area (Å²) >= 11 is 5.68. The summed E-state index contributed by atoms with van der Waals surface area (Å²) in [5.74, 6) is -0.353. The van der Waals surface area contributed by atoms with E-state index in [-0.39, 0.29) is 46.6 Å². The van der Waals surface area contributed by atoms with Crippen molar-refractivity contribution in [2.24, 2.45) is 0 Å². The monoisotopic (exact) mass is 665 g/mol. The third-order valence-electron chi connectivity index (χ3n) is 7.61. The fourth-order valence-corrected chi connectivity index (χ4v) is 5.79. The summed E-state index contributed by atoms with van der Waals surface area (Å²) in [4.78, 5) is 49.7. The fraction of sp³-hybridized carbons (Fsp3) is 0.371. The van der Waals surface area contributed by atoms with E-state index in [9.17, 15) is 19.2 Å². The van der Waals surface area contributed by atoms with Crippen LogP contribution in [0, 0.1) is 0 Å². The molecule has 0 aromatic heterocycles. The fourth-order valence-electron chi connectivity index (χ4n) is 5.60. The first-order chi connectivity index (χ1) is 22.7. The van der Waals surface area contributed by atoms with Crippen molar-refractivity contribution >= 4 is 35.4 Å². The van der Waals surface area contributed by atoms with E-state index in [2.05, 4.69) is 5.32 Å². The first-order valence-corrected chi connectivity index (χ1v) is 16.0. The summed E-state index contributed by atoms with van der Waals surface area (Å²) < 4.78 is 34.0. The summed E-state index contributed by atoms with van der Waals surface area (Å²) in [6.07, 6.45) is 4.20. The van der Waals surface area contributed by atoms with Crippen LogP contribution in [0.2, 0.25) is 0 Å². The van der Waals surface area contributed by atoms with Gasteiger partial charge in [-0.15, -0.1) is 11.6 Å². The van der Waals surface area contributed by atoms with Crippen LogP contribution >= 0.6 is 11.6 Å². The van der Waals surface area contributed by atoms with E-state index in [0.29, 0.717) is 49.0 Å². The molecular formula is C35H36ClNO10. The maximum Gasteiger partial charge on any atom is 0.340 e. The van der Waals surface area contributed by atoms with Crippen LogP contribution in [0.1, 0.15) is 76.9 Å². The van der Waals surface area contributed by atoms with Crippen LogP contribution in [0.5, 0.6) is 23.0 Å². The molecule has 0 saturated carbocycles. The molecule has 248 valence electrons.